The maximum atomic E-state index is 12.8. The molecule has 0 radical (unpaired) electrons. The van der Waals surface area contributed by atoms with E-state index < -0.39 is 9.85 Å². The van der Waals surface area contributed by atoms with Gasteiger partial charge in [0.25, 0.3) is 11.4 Å². The predicted molar refractivity (Wildman–Crippen MR) is 115 cm³/mol. The maximum absolute atomic E-state index is 12.8. The van der Waals surface area contributed by atoms with Crippen LogP contribution in [0.4, 0.5) is 22.7 Å². The van der Waals surface area contributed by atoms with E-state index in [4.69, 9.17) is 0 Å². The van der Waals surface area contributed by atoms with Crippen molar-refractivity contribution in [1.82, 2.24) is 0 Å². The van der Waals surface area contributed by atoms with Gasteiger partial charge in [-0.3, -0.25) is 25.0 Å². The van der Waals surface area contributed by atoms with E-state index in [1.807, 2.05) is 0 Å². The number of benzene rings is 2. The van der Waals surface area contributed by atoms with Crippen molar-refractivity contribution < 1.29 is 14.6 Å². The number of anilines is 2. The van der Waals surface area contributed by atoms with Crippen molar-refractivity contribution in [1.29, 1.82) is 0 Å². The van der Waals surface area contributed by atoms with Gasteiger partial charge in [0.1, 0.15) is 11.4 Å². The number of carbonyl (C=O) groups excluding carboxylic acids is 1. The van der Waals surface area contributed by atoms with Crippen LogP contribution in [0.15, 0.2) is 47.5 Å². The van der Waals surface area contributed by atoms with Gasteiger partial charge in [-0.2, -0.15) is 0 Å². The third-order valence-electron chi connectivity index (χ3n) is 4.90. The lowest BCUT2D eigenvalue weighted by molar-refractivity contribution is -0.384. The number of nitrogens with zero attached hydrogens (tertiary/aromatic N) is 2. The number of hydrogen-bond donors (Lipinski definition) is 2. The van der Waals surface area contributed by atoms with Gasteiger partial charge in [0.15, 0.2) is 5.78 Å². The van der Waals surface area contributed by atoms with Gasteiger partial charge in [-0.1, -0.05) is 12.1 Å². The minimum absolute atomic E-state index is 0.0648. The molecule has 3 rings (SSSR count). The first-order valence-electron chi connectivity index (χ1n) is 9.22. The third-order valence-corrected chi connectivity index (χ3v) is 4.90. The standard InChI is InChI=1S/C21H20N4O5/c1-22-17-7-3-13(11-19(17)24(27)28)9-15-5-6-16(21(15)26)10-14-4-8-18(23-2)20(12-14)25(29)30/h3-4,7-12,22-23H,5-6H2,1-2H3/b15-9+,16-10+. The second kappa shape index (κ2) is 8.56. The molecule has 0 atom stereocenters. The Kier molecular flexibility index (Phi) is 5.91. The van der Waals surface area contributed by atoms with Crippen LogP contribution < -0.4 is 10.6 Å². The van der Waals surface area contributed by atoms with E-state index in [9.17, 15) is 25.0 Å². The summed E-state index contributed by atoms with van der Waals surface area (Å²) in [5.74, 6) is -0.157. The van der Waals surface area contributed by atoms with Crippen molar-refractivity contribution in [3.05, 3.63) is 78.9 Å². The molecular weight excluding hydrogens is 388 g/mol. The van der Waals surface area contributed by atoms with Gasteiger partial charge in [-0.05, 0) is 48.3 Å². The quantitative estimate of drug-likeness (QED) is 0.411. The Balaban J connectivity index is 1.89. The molecule has 9 nitrogen and oxygen atoms in total. The fraction of sp³-hybridized carbons (Fsp3) is 0.190. The number of Topliss-reactive ketones (excluding diaryl/α,β-unsaturated/α-hetero) is 1. The Labute approximate surface area is 172 Å². The summed E-state index contributed by atoms with van der Waals surface area (Å²) < 4.78 is 0. The number of nitro groups is 2. The maximum Gasteiger partial charge on any atom is 0.292 e. The van der Waals surface area contributed by atoms with Crippen LogP contribution in [0.1, 0.15) is 24.0 Å². The molecular formula is C21H20N4O5. The summed E-state index contributed by atoms with van der Waals surface area (Å²) in [7, 11) is 3.21. The first kappa shape index (κ1) is 20.7. The van der Waals surface area contributed by atoms with Gasteiger partial charge in [0.2, 0.25) is 0 Å². The van der Waals surface area contributed by atoms with Gasteiger partial charge in [-0.25, -0.2) is 0 Å². The first-order valence-corrected chi connectivity index (χ1v) is 9.22. The summed E-state index contributed by atoms with van der Waals surface area (Å²) in [5.41, 5.74) is 2.90. The number of rotatable bonds is 6. The number of nitro benzene ring substituents is 2. The van der Waals surface area contributed by atoms with Crippen LogP contribution in [0.25, 0.3) is 12.2 Å². The predicted octanol–water partition coefficient (Wildman–Crippen LogP) is 4.42. The molecule has 30 heavy (non-hydrogen) atoms. The third kappa shape index (κ3) is 4.19. The molecule has 0 spiro atoms. The Morgan fingerprint density at radius 1 is 0.800 bits per heavy atom. The molecule has 2 N–H and O–H groups in total. The fourth-order valence-corrected chi connectivity index (χ4v) is 3.38. The van der Waals surface area contributed by atoms with Crippen LogP contribution in [0, 0.1) is 20.2 Å². The summed E-state index contributed by atoms with van der Waals surface area (Å²) in [6.07, 6.45) is 4.32. The number of hydrogen-bond acceptors (Lipinski definition) is 7. The summed E-state index contributed by atoms with van der Waals surface area (Å²) in [4.78, 5) is 34.3. The molecule has 0 unspecified atom stereocenters. The van der Waals surface area contributed by atoms with Crippen molar-refractivity contribution in [2.45, 2.75) is 12.8 Å². The zero-order chi connectivity index (χ0) is 21.8. The van der Waals surface area contributed by atoms with E-state index in [-0.39, 0.29) is 17.2 Å². The molecule has 154 valence electrons. The second-order valence-corrected chi connectivity index (χ2v) is 6.74. The molecule has 0 amide bonds. The van der Waals surface area contributed by atoms with Gasteiger partial charge in [0, 0.05) is 37.4 Å². The van der Waals surface area contributed by atoms with Crippen LogP contribution >= 0.6 is 0 Å². The second-order valence-electron chi connectivity index (χ2n) is 6.74. The first-order chi connectivity index (χ1) is 14.3. The average Bonchev–Trinajstić information content (AvgIpc) is 3.07. The van der Waals surface area contributed by atoms with Crippen molar-refractivity contribution in [2.75, 3.05) is 24.7 Å². The Morgan fingerprint density at radius 2 is 1.20 bits per heavy atom. The summed E-state index contributed by atoms with van der Waals surface area (Å²) in [5, 5.41) is 28.0. The number of nitrogens with one attached hydrogen (secondary N) is 2. The lowest BCUT2D eigenvalue weighted by Crippen LogP contribution is -1.99. The molecule has 1 saturated carbocycles. The number of carbonyl (C=O) groups is 1. The van der Waals surface area contributed by atoms with Crippen LogP contribution in [0.5, 0.6) is 0 Å². The molecule has 1 aliphatic rings. The smallest absolute Gasteiger partial charge is 0.292 e. The molecule has 1 fully saturated rings. The molecule has 2 aromatic rings. The monoisotopic (exact) mass is 408 g/mol. The zero-order valence-corrected chi connectivity index (χ0v) is 16.5. The van der Waals surface area contributed by atoms with Crippen molar-refractivity contribution in [2.24, 2.45) is 0 Å². The molecule has 0 saturated heterocycles. The van der Waals surface area contributed by atoms with Gasteiger partial charge in [0.05, 0.1) is 9.85 Å². The van der Waals surface area contributed by atoms with E-state index in [2.05, 4.69) is 10.6 Å². The molecule has 0 aromatic heterocycles. The number of ketones is 1. The molecule has 0 aliphatic heterocycles. The highest BCUT2D eigenvalue weighted by atomic mass is 16.6. The zero-order valence-electron chi connectivity index (χ0n) is 16.5. The van der Waals surface area contributed by atoms with Crippen LogP contribution in [0.2, 0.25) is 0 Å². The van der Waals surface area contributed by atoms with Crippen LogP contribution in [-0.4, -0.2) is 29.7 Å². The highest BCUT2D eigenvalue weighted by Crippen LogP contribution is 2.33. The van der Waals surface area contributed by atoms with E-state index in [1.165, 1.54) is 12.1 Å². The highest BCUT2D eigenvalue weighted by Gasteiger charge is 2.24. The average molecular weight is 408 g/mol. The Hall–Kier alpha value is -4.01. The minimum Gasteiger partial charge on any atom is -0.383 e. The van der Waals surface area contributed by atoms with Gasteiger partial charge in [-0.15, -0.1) is 0 Å². The molecule has 9 heteroatoms. The minimum atomic E-state index is -0.475. The molecule has 1 aliphatic carbocycles. The fourth-order valence-electron chi connectivity index (χ4n) is 3.38. The number of allylic oxidation sites excluding steroid dienone is 2. The normalized spacial score (nSPS) is 16.1. The SMILES string of the molecule is CNc1ccc(/C=C2\CC/C(=C\c3ccc(NC)c([N+](=O)[O-])c3)C2=O)cc1[N+](=O)[O-]. The molecule has 0 bridgehead atoms. The molecule has 2 aromatic carbocycles. The van der Waals surface area contributed by atoms with E-state index in [0.717, 1.165) is 0 Å². The lowest BCUT2D eigenvalue weighted by Gasteiger charge is -2.04. The lowest BCUT2D eigenvalue weighted by atomic mass is 10.1. The van der Waals surface area contributed by atoms with E-state index >= 15 is 0 Å². The van der Waals surface area contributed by atoms with Crippen LogP contribution in [0.3, 0.4) is 0 Å². The summed E-state index contributed by atoms with van der Waals surface area (Å²) in [6.45, 7) is 0. The topological polar surface area (TPSA) is 127 Å². The largest absolute Gasteiger partial charge is 0.383 e. The van der Waals surface area contributed by atoms with Crippen molar-refractivity contribution in [3.63, 3.8) is 0 Å². The summed E-state index contributed by atoms with van der Waals surface area (Å²) in [6, 6.07) is 9.47. The Bertz CT molecular complexity index is 1020. The van der Waals surface area contributed by atoms with Crippen LogP contribution in [-0.2, 0) is 4.79 Å². The van der Waals surface area contributed by atoms with Crippen molar-refractivity contribution in [3.8, 4) is 0 Å². The van der Waals surface area contributed by atoms with E-state index in [0.29, 0.717) is 46.5 Å². The van der Waals surface area contributed by atoms with Gasteiger partial charge < -0.3 is 10.6 Å². The van der Waals surface area contributed by atoms with Crippen molar-refractivity contribution >= 4 is 40.7 Å². The summed E-state index contributed by atoms with van der Waals surface area (Å²) >= 11 is 0. The van der Waals surface area contributed by atoms with E-state index in [1.54, 1.807) is 50.5 Å². The highest BCUT2D eigenvalue weighted by molar-refractivity contribution is 6.15. The molecule has 0 heterocycles. The van der Waals surface area contributed by atoms with Gasteiger partial charge >= 0.3 is 0 Å². The Morgan fingerprint density at radius 3 is 1.53 bits per heavy atom.